The Balaban J connectivity index is 1.80. The van der Waals surface area contributed by atoms with E-state index in [2.05, 4.69) is 42.1 Å². The van der Waals surface area contributed by atoms with E-state index in [0.717, 1.165) is 17.1 Å². The first-order chi connectivity index (χ1) is 9.65. The highest BCUT2D eigenvalue weighted by atomic mass is 32.1. The summed E-state index contributed by atoms with van der Waals surface area (Å²) < 4.78 is 0. The largest absolute Gasteiger partial charge is 0.301 e. The standard InChI is InChI=1S/C16H21N3S/c1-10-16(20-12(3)18-10)11(2)19-14-8-4-6-13-7-5-9-17-15(13)14/h5,7,9,11,14,19H,4,6,8H2,1-3H3. The van der Waals surface area contributed by atoms with Crippen molar-refractivity contribution in [2.45, 2.75) is 52.1 Å². The van der Waals surface area contributed by atoms with Crippen molar-refractivity contribution in [1.82, 2.24) is 15.3 Å². The van der Waals surface area contributed by atoms with Crippen LogP contribution in [0.1, 0.15) is 58.7 Å². The Hall–Kier alpha value is -1.26. The normalized spacial score (nSPS) is 19.6. The fraction of sp³-hybridized carbons (Fsp3) is 0.500. The Morgan fingerprint density at radius 1 is 1.40 bits per heavy atom. The summed E-state index contributed by atoms with van der Waals surface area (Å²) in [7, 11) is 0. The second kappa shape index (κ2) is 5.62. The molecule has 0 aliphatic heterocycles. The van der Waals surface area contributed by atoms with Gasteiger partial charge >= 0.3 is 0 Å². The molecule has 0 spiro atoms. The molecule has 0 radical (unpaired) electrons. The summed E-state index contributed by atoms with van der Waals surface area (Å²) in [4.78, 5) is 10.5. The number of aryl methyl sites for hydroxylation is 3. The average Bonchev–Trinajstić information content (AvgIpc) is 2.78. The number of thiazole rings is 1. The van der Waals surface area contributed by atoms with Crippen molar-refractivity contribution in [3.63, 3.8) is 0 Å². The second-order valence-corrected chi connectivity index (χ2v) is 6.80. The minimum atomic E-state index is 0.333. The van der Waals surface area contributed by atoms with E-state index in [-0.39, 0.29) is 0 Å². The van der Waals surface area contributed by atoms with Gasteiger partial charge in [0, 0.05) is 17.1 Å². The predicted octanol–water partition coefficient (Wildman–Crippen LogP) is 3.88. The highest BCUT2D eigenvalue weighted by Crippen LogP contribution is 2.32. The summed E-state index contributed by atoms with van der Waals surface area (Å²) in [5.74, 6) is 0. The highest BCUT2D eigenvalue weighted by molar-refractivity contribution is 7.11. The van der Waals surface area contributed by atoms with E-state index >= 15 is 0 Å². The van der Waals surface area contributed by atoms with Crippen LogP contribution in [-0.4, -0.2) is 9.97 Å². The van der Waals surface area contributed by atoms with Gasteiger partial charge in [0.2, 0.25) is 0 Å². The van der Waals surface area contributed by atoms with Gasteiger partial charge in [-0.1, -0.05) is 6.07 Å². The van der Waals surface area contributed by atoms with Crippen LogP contribution in [0.25, 0.3) is 0 Å². The van der Waals surface area contributed by atoms with Gasteiger partial charge in [-0.3, -0.25) is 4.98 Å². The van der Waals surface area contributed by atoms with E-state index in [1.165, 1.54) is 29.0 Å². The summed E-state index contributed by atoms with van der Waals surface area (Å²) in [5, 5.41) is 4.90. The van der Waals surface area contributed by atoms with Crippen LogP contribution in [0, 0.1) is 13.8 Å². The smallest absolute Gasteiger partial charge is 0.0900 e. The second-order valence-electron chi connectivity index (χ2n) is 5.56. The molecule has 0 aromatic carbocycles. The van der Waals surface area contributed by atoms with Crippen LogP contribution in [0.15, 0.2) is 18.3 Å². The van der Waals surface area contributed by atoms with Gasteiger partial charge in [0.25, 0.3) is 0 Å². The van der Waals surface area contributed by atoms with Gasteiger partial charge in [0.05, 0.1) is 22.4 Å². The number of nitrogens with one attached hydrogen (secondary N) is 1. The Kier molecular flexibility index (Phi) is 3.85. The lowest BCUT2D eigenvalue weighted by atomic mass is 9.91. The molecular weight excluding hydrogens is 266 g/mol. The molecule has 0 amide bonds. The van der Waals surface area contributed by atoms with Crippen molar-refractivity contribution < 1.29 is 0 Å². The first kappa shape index (κ1) is 13.7. The maximum atomic E-state index is 4.60. The Morgan fingerprint density at radius 3 is 3.00 bits per heavy atom. The molecule has 1 aliphatic rings. The first-order valence-corrected chi connectivity index (χ1v) is 8.10. The molecule has 2 unspecified atom stereocenters. The topological polar surface area (TPSA) is 37.8 Å². The molecule has 0 saturated carbocycles. The molecule has 0 fully saturated rings. The number of hydrogen-bond donors (Lipinski definition) is 1. The average molecular weight is 287 g/mol. The third-order valence-electron chi connectivity index (χ3n) is 3.98. The van der Waals surface area contributed by atoms with Crippen LogP contribution in [0.5, 0.6) is 0 Å². The predicted molar refractivity (Wildman–Crippen MR) is 83.1 cm³/mol. The van der Waals surface area contributed by atoms with E-state index in [0.29, 0.717) is 12.1 Å². The van der Waals surface area contributed by atoms with E-state index < -0.39 is 0 Å². The van der Waals surface area contributed by atoms with Crippen molar-refractivity contribution in [1.29, 1.82) is 0 Å². The van der Waals surface area contributed by atoms with Gasteiger partial charge < -0.3 is 5.32 Å². The number of hydrogen-bond acceptors (Lipinski definition) is 4. The summed E-state index contributed by atoms with van der Waals surface area (Å²) in [6, 6.07) is 4.96. The molecule has 3 nitrogen and oxygen atoms in total. The number of nitrogens with zero attached hydrogens (tertiary/aromatic N) is 2. The number of pyridine rings is 1. The molecule has 1 aliphatic carbocycles. The van der Waals surface area contributed by atoms with Crippen molar-refractivity contribution in [2.75, 3.05) is 0 Å². The highest BCUT2D eigenvalue weighted by Gasteiger charge is 2.24. The number of fused-ring (bicyclic) bond motifs is 1. The molecule has 4 heteroatoms. The van der Waals surface area contributed by atoms with E-state index in [1.807, 2.05) is 12.3 Å². The lowest BCUT2D eigenvalue weighted by Crippen LogP contribution is -2.28. The number of rotatable bonds is 3. The third kappa shape index (κ3) is 2.63. The molecule has 1 N–H and O–H groups in total. The maximum Gasteiger partial charge on any atom is 0.0900 e. The molecule has 0 saturated heterocycles. The van der Waals surface area contributed by atoms with Gasteiger partial charge in [0.1, 0.15) is 0 Å². The zero-order chi connectivity index (χ0) is 14.1. The molecule has 3 rings (SSSR count). The molecule has 2 atom stereocenters. The van der Waals surface area contributed by atoms with Gasteiger partial charge in [-0.05, 0) is 51.7 Å². The zero-order valence-corrected chi connectivity index (χ0v) is 13.1. The lowest BCUT2D eigenvalue weighted by Gasteiger charge is -2.28. The fourth-order valence-electron chi connectivity index (χ4n) is 3.10. The van der Waals surface area contributed by atoms with Crippen molar-refractivity contribution >= 4 is 11.3 Å². The third-order valence-corrected chi connectivity index (χ3v) is 5.23. The molecule has 2 aromatic rings. The van der Waals surface area contributed by atoms with E-state index in [1.54, 1.807) is 11.3 Å². The van der Waals surface area contributed by atoms with Crippen LogP contribution in [0.3, 0.4) is 0 Å². The molecule has 106 valence electrons. The van der Waals surface area contributed by atoms with E-state index in [9.17, 15) is 0 Å². The first-order valence-electron chi connectivity index (χ1n) is 7.29. The van der Waals surface area contributed by atoms with Gasteiger partial charge in [-0.2, -0.15) is 0 Å². The van der Waals surface area contributed by atoms with Crippen LogP contribution < -0.4 is 5.32 Å². The maximum absolute atomic E-state index is 4.60. The summed E-state index contributed by atoms with van der Waals surface area (Å²) >= 11 is 1.80. The lowest BCUT2D eigenvalue weighted by molar-refractivity contribution is 0.408. The Bertz CT molecular complexity index is 606. The molecule has 2 aromatic heterocycles. The molecular formula is C16H21N3S. The Labute approximate surface area is 124 Å². The van der Waals surface area contributed by atoms with Crippen LogP contribution in [0.4, 0.5) is 0 Å². The summed E-state index contributed by atoms with van der Waals surface area (Å²) in [6.45, 7) is 6.41. The fourth-order valence-corrected chi connectivity index (χ4v) is 4.04. The molecule has 0 bridgehead atoms. The van der Waals surface area contributed by atoms with Gasteiger partial charge in [-0.25, -0.2) is 4.98 Å². The quantitative estimate of drug-likeness (QED) is 0.931. The van der Waals surface area contributed by atoms with Crippen molar-refractivity contribution in [2.24, 2.45) is 0 Å². The van der Waals surface area contributed by atoms with Crippen molar-refractivity contribution in [3.05, 3.63) is 45.2 Å². The zero-order valence-electron chi connectivity index (χ0n) is 12.3. The summed E-state index contributed by atoms with van der Waals surface area (Å²) in [6.07, 6.45) is 5.48. The minimum Gasteiger partial charge on any atom is -0.301 e. The van der Waals surface area contributed by atoms with Crippen LogP contribution in [0.2, 0.25) is 0 Å². The van der Waals surface area contributed by atoms with E-state index in [4.69, 9.17) is 0 Å². The van der Waals surface area contributed by atoms with Gasteiger partial charge in [0.15, 0.2) is 0 Å². The molecule has 2 heterocycles. The van der Waals surface area contributed by atoms with Crippen LogP contribution in [-0.2, 0) is 6.42 Å². The van der Waals surface area contributed by atoms with Gasteiger partial charge in [-0.15, -0.1) is 11.3 Å². The van der Waals surface area contributed by atoms with Crippen LogP contribution >= 0.6 is 11.3 Å². The SMILES string of the molecule is Cc1nc(C)c(C(C)NC2CCCc3cccnc32)s1. The molecule has 20 heavy (non-hydrogen) atoms. The summed E-state index contributed by atoms with van der Waals surface area (Å²) in [5.41, 5.74) is 3.80. The monoisotopic (exact) mass is 287 g/mol. The number of aromatic nitrogens is 2. The van der Waals surface area contributed by atoms with Crippen molar-refractivity contribution in [3.8, 4) is 0 Å². The Morgan fingerprint density at radius 2 is 2.25 bits per heavy atom. The minimum absolute atomic E-state index is 0.333.